The van der Waals surface area contributed by atoms with E-state index in [1.165, 1.54) is 0 Å². The third kappa shape index (κ3) is 3.76. The Morgan fingerprint density at radius 1 is 1.62 bits per heavy atom. The van der Waals surface area contributed by atoms with Crippen molar-refractivity contribution in [3.05, 3.63) is 0 Å². The summed E-state index contributed by atoms with van der Waals surface area (Å²) in [4.78, 5) is 12.0. The molecule has 1 aliphatic rings. The highest BCUT2D eigenvalue weighted by atomic mass is 16.5. The molecule has 0 aliphatic carbocycles. The minimum absolute atomic E-state index is 0.0174. The Bertz CT molecular complexity index is 215. The number of hydrogen-bond donors (Lipinski definition) is 2. The van der Waals surface area contributed by atoms with Crippen LogP contribution < -0.4 is 10.6 Å². The number of hydrogen-bond acceptors (Lipinski definition) is 3. The standard InChI is InChI=1S/C12H24N2O2/c1-4-5-10(8-16-3)14-12(15)11-9(2)6-7-13-11/h9-11,13H,4-8H2,1-3H3,(H,14,15). The van der Waals surface area contributed by atoms with Gasteiger partial charge in [0.1, 0.15) is 0 Å². The number of rotatable bonds is 6. The Balaban J connectivity index is 2.40. The van der Waals surface area contributed by atoms with Crippen LogP contribution in [-0.2, 0) is 9.53 Å². The molecule has 4 nitrogen and oxygen atoms in total. The second kappa shape index (κ2) is 6.86. The summed E-state index contributed by atoms with van der Waals surface area (Å²) in [6.45, 7) is 5.78. The molecule has 0 spiro atoms. The van der Waals surface area contributed by atoms with Crippen LogP contribution >= 0.6 is 0 Å². The molecular weight excluding hydrogens is 204 g/mol. The van der Waals surface area contributed by atoms with Crippen LogP contribution in [0.3, 0.4) is 0 Å². The number of methoxy groups -OCH3 is 1. The molecule has 94 valence electrons. The third-order valence-corrected chi connectivity index (χ3v) is 3.17. The molecule has 1 heterocycles. The first-order chi connectivity index (χ1) is 7.69. The van der Waals surface area contributed by atoms with Crippen LogP contribution in [0.2, 0.25) is 0 Å². The van der Waals surface area contributed by atoms with Gasteiger partial charge in [-0.1, -0.05) is 20.3 Å². The Kier molecular flexibility index (Phi) is 5.77. The van der Waals surface area contributed by atoms with E-state index in [4.69, 9.17) is 4.74 Å². The van der Waals surface area contributed by atoms with Gasteiger partial charge in [0.15, 0.2) is 0 Å². The fourth-order valence-electron chi connectivity index (χ4n) is 2.22. The highest BCUT2D eigenvalue weighted by molar-refractivity contribution is 5.82. The first-order valence-corrected chi connectivity index (χ1v) is 6.21. The SMILES string of the molecule is CCCC(COC)NC(=O)C1NCCC1C. The molecule has 1 amide bonds. The van der Waals surface area contributed by atoms with Gasteiger partial charge in [-0.3, -0.25) is 4.79 Å². The molecule has 0 aromatic heterocycles. The smallest absolute Gasteiger partial charge is 0.237 e. The average molecular weight is 228 g/mol. The Hall–Kier alpha value is -0.610. The minimum atomic E-state index is -0.0174. The summed E-state index contributed by atoms with van der Waals surface area (Å²) in [6, 6.07) is 0.133. The van der Waals surface area contributed by atoms with E-state index in [1.807, 2.05) is 0 Å². The summed E-state index contributed by atoms with van der Waals surface area (Å²) in [5, 5.41) is 6.31. The van der Waals surface area contributed by atoms with Crippen LogP contribution in [0.15, 0.2) is 0 Å². The molecule has 1 fully saturated rings. The molecule has 0 radical (unpaired) electrons. The molecule has 0 bridgehead atoms. The lowest BCUT2D eigenvalue weighted by molar-refractivity contribution is -0.124. The molecular formula is C12H24N2O2. The molecule has 2 N–H and O–H groups in total. The van der Waals surface area contributed by atoms with Crippen LogP contribution in [0.5, 0.6) is 0 Å². The van der Waals surface area contributed by atoms with Gasteiger partial charge in [-0.05, 0) is 25.3 Å². The van der Waals surface area contributed by atoms with Crippen molar-refractivity contribution >= 4 is 5.91 Å². The van der Waals surface area contributed by atoms with Crippen LogP contribution in [0.4, 0.5) is 0 Å². The highest BCUT2D eigenvalue weighted by Gasteiger charge is 2.30. The number of nitrogens with one attached hydrogen (secondary N) is 2. The van der Waals surface area contributed by atoms with Crippen molar-refractivity contribution in [2.75, 3.05) is 20.3 Å². The van der Waals surface area contributed by atoms with Crippen LogP contribution in [0, 0.1) is 5.92 Å². The van der Waals surface area contributed by atoms with E-state index >= 15 is 0 Å². The van der Waals surface area contributed by atoms with E-state index in [1.54, 1.807) is 7.11 Å². The molecule has 3 atom stereocenters. The van der Waals surface area contributed by atoms with E-state index in [2.05, 4.69) is 24.5 Å². The van der Waals surface area contributed by atoms with Gasteiger partial charge in [0.25, 0.3) is 0 Å². The third-order valence-electron chi connectivity index (χ3n) is 3.17. The van der Waals surface area contributed by atoms with E-state index < -0.39 is 0 Å². The van der Waals surface area contributed by atoms with E-state index in [-0.39, 0.29) is 18.0 Å². The van der Waals surface area contributed by atoms with Crippen molar-refractivity contribution in [1.82, 2.24) is 10.6 Å². The Morgan fingerprint density at radius 2 is 2.38 bits per heavy atom. The lowest BCUT2D eigenvalue weighted by Gasteiger charge is -2.21. The number of carbonyl (C=O) groups is 1. The summed E-state index contributed by atoms with van der Waals surface area (Å²) in [5.74, 6) is 0.560. The maximum absolute atomic E-state index is 12.0. The fraction of sp³-hybridized carbons (Fsp3) is 0.917. The van der Waals surface area contributed by atoms with Crippen LogP contribution in [0.1, 0.15) is 33.1 Å². The monoisotopic (exact) mass is 228 g/mol. The second-order valence-corrected chi connectivity index (χ2v) is 4.65. The van der Waals surface area contributed by atoms with Crippen molar-refractivity contribution in [2.45, 2.75) is 45.2 Å². The van der Waals surface area contributed by atoms with Crippen molar-refractivity contribution < 1.29 is 9.53 Å². The molecule has 16 heavy (non-hydrogen) atoms. The number of amides is 1. The average Bonchev–Trinajstić information content (AvgIpc) is 2.65. The number of ether oxygens (including phenoxy) is 1. The zero-order valence-corrected chi connectivity index (χ0v) is 10.6. The fourth-order valence-corrected chi connectivity index (χ4v) is 2.22. The zero-order chi connectivity index (χ0) is 12.0. The molecule has 3 unspecified atom stereocenters. The molecule has 0 saturated carbocycles. The van der Waals surface area contributed by atoms with Gasteiger partial charge >= 0.3 is 0 Å². The predicted molar refractivity (Wildman–Crippen MR) is 64.3 cm³/mol. The van der Waals surface area contributed by atoms with Crippen molar-refractivity contribution in [2.24, 2.45) is 5.92 Å². The molecule has 0 aromatic carbocycles. The van der Waals surface area contributed by atoms with Crippen LogP contribution in [-0.4, -0.2) is 38.3 Å². The Morgan fingerprint density at radius 3 is 2.88 bits per heavy atom. The topological polar surface area (TPSA) is 50.4 Å². The molecule has 0 aromatic rings. The lowest BCUT2D eigenvalue weighted by atomic mass is 10.0. The first-order valence-electron chi connectivity index (χ1n) is 6.21. The summed E-state index contributed by atoms with van der Waals surface area (Å²) in [5.41, 5.74) is 0. The van der Waals surface area contributed by atoms with E-state index in [9.17, 15) is 4.79 Å². The van der Waals surface area contributed by atoms with Gasteiger partial charge in [-0.15, -0.1) is 0 Å². The Labute approximate surface area is 98.1 Å². The lowest BCUT2D eigenvalue weighted by Crippen LogP contribution is -2.48. The second-order valence-electron chi connectivity index (χ2n) is 4.65. The predicted octanol–water partition coefficient (Wildman–Crippen LogP) is 0.916. The maximum Gasteiger partial charge on any atom is 0.237 e. The van der Waals surface area contributed by atoms with Crippen molar-refractivity contribution in [1.29, 1.82) is 0 Å². The van der Waals surface area contributed by atoms with Gasteiger partial charge in [-0.25, -0.2) is 0 Å². The van der Waals surface area contributed by atoms with Crippen molar-refractivity contribution in [3.8, 4) is 0 Å². The maximum atomic E-state index is 12.0. The summed E-state index contributed by atoms with van der Waals surface area (Å²) in [7, 11) is 1.67. The summed E-state index contributed by atoms with van der Waals surface area (Å²) < 4.78 is 5.11. The minimum Gasteiger partial charge on any atom is -0.383 e. The first kappa shape index (κ1) is 13.5. The normalized spacial score (nSPS) is 26.7. The zero-order valence-electron chi connectivity index (χ0n) is 10.6. The molecule has 4 heteroatoms. The van der Waals surface area contributed by atoms with E-state index in [0.29, 0.717) is 12.5 Å². The van der Waals surface area contributed by atoms with Crippen molar-refractivity contribution in [3.63, 3.8) is 0 Å². The number of carbonyl (C=O) groups excluding carboxylic acids is 1. The van der Waals surface area contributed by atoms with Crippen LogP contribution in [0.25, 0.3) is 0 Å². The molecule has 1 saturated heterocycles. The van der Waals surface area contributed by atoms with Gasteiger partial charge in [0.2, 0.25) is 5.91 Å². The largest absolute Gasteiger partial charge is 0.383 e. The summed E-state index contributed by atoms with van der Waals surface area (Å²) in [6.07, 6.45) is 3.11. The van der Waals surface area contributed by atoms with E-state index in [0.717, 1.165) is 25.8 Å². The van der Waals surface area contributed by atoms with Gasteiger partial charge in [-0.2, -0.15) is 0 Å². The quantitative estimate of drug-likeness (QED) is 0.710. The van der Waals surface area contributed by atoms with Gasteiger partial charge in [0, 0.05) is 7.11 Å². The highest BCUT2D eigenvalue weighted by Crippen LogP contribution is 2.14. The molecule has 1 aliphatic heterocycles. The molecule has 1 rings (SSSR count). The van der Waals surface area contributed by atoms with Gasteiger partial charge in [0.05, 0.1) is 18.7 Å². The van der Waals surface area contributed by atoms with Gasteiger partial charge < -0.3 is 15.4 Å². The summed E-state index contributed by atoms with van der Waals surface area (Å²) >= 11 is 0.